The Kier molecular flexibility index (Phi) is 2.82. The van der Waals surface area contributed by atoms with E-state index in [9.17, 15) is 0 Å². The van der Waals surface area contributed by atoms with Crippen molar-refractivity contribution in [3.63, 3.8) is 0 Å². The molecule has 0 radical (unpaired) electrons. The fourth-order valence-electron chi connectivity index (χ4n) is 2.00. The van der Waals surface area contributed by atoms with Crippen LogP contribution in [0.1, 0.15) is 6.92 Å². The Morgan fingerprint density at radius 1 is 1.33 bits per heavy atom. The van der Waals surface area contributed by atoms with Crippen LogP contribution in [0, 0.1) is 0 Å². The topological polar surface area (TPSA) is 32.5 Å². The van der Waals surface area contributed by atoms with Crippen LogP contribution in [-0.2, 0) is 0 Å². The van der Waals surface area contributed by atoms with E-state index in [1.54, 1.807) is 0 Å². The summed E-state index contributed by atoms with van der Waals surface area (Å²) in [6, 6.07) is 8.75. The van der Waals surface area contributed by atoms with Crippen molar-refractivity contribution in [2.75, 3.05) is 37.3 Å². The predicted molar refractivity (Wildman–Crippen MR) is 65.2 cm³/mol. The molecule has 0 saturated carbocycles. The Morgan fingerprint density at radius 2 is 2.13 bits per heavy atom. The standard InChI is InChI=1S/C12H19N3/c1-10-9-15(7-6-14(10)2)12-5-3-4-11(13)8-12/h3-5,8,10H,6-7,9,13H2,1-2H3/t10-/m1/s1. The van der Waals surface area contributed by atoms with Crippen LogP contribution in [0.2, 0.25) is 0 Å². The van der Waals surface area contributed by atoms with Gasteiger partial charge in [-0.25, -0.2) is 0 Å². The molecule has 1 atom stereocenters. The van der Waals surface area contributed by atoms with E-state index >= 15 is 0 Å². The first kappa shape index (κ1) is 10.3. The van der Waals surface area contributed by atoms with Gasteiger partial charge in [0.1, 0.15) is 0 Å². The summed E-state index contributed by atoms with van der Waals surface area (Å²) in [6.45, 7) is 5.55. The van der Waals surface area contributed by atoms with Crippen molar-refractivity contribution in [2.45, 2.75) is 13.0 Å². The molecule has 0 aliphatic carbocycles. The van der Waals surface area contributed by atoms with Crippen LogP contribution in [0.3, 0.4) is 0 Å². The second kappa shape index (κ2) is 4.11. The molecule has 1 aliphatic rings. The van der Waals surface area contributed by atoms with Gasteiger partial charge in [0.2, 0.25) is 0 Å². The van der Waals surface area contributed by atoms with E-state index in [-0.39, 0.29) is 0 Å². The summed E-state index contributed by atoms with van der Waals surface area (Å²) in [5.41, 5.74) is 7.88. The van der Waals surface area contributed by atoms with E-state index in [1.165, 1.54) is 5.69 Å². The van der Waals surface area contributed by atoms with Crippen LogP contribution in [0.25, 0.3) is 0 Å². The molecule has 0 spiro atoms. The van der Waals surface area contributed by atoms with Crippen LogP contribution in [0.5, 0.6) is 0 Å². The van der Waals surface area contributed by atoms with Crippen LogP contribution in [0.15, 0.2) is 24.3 Å². The first-order valence-electron chi connectivity index (χ1n) is 5.47. The molecule has 1 aliphatic heterocycles. The highest BCUT2D eigenvalue weighted by atomic mass is 15.3. The summed E-state index contributed by atoms with van der Waals surface area (Å²) >= 11 is 0. The molecule has 1 aromatic rings. The molecule has 2 N–H and O–H groups in total. The van der Waals surface area contributed by atoms with Crippen LogP contribution in [-0.4, -0.2) is 37.6 Å². The number of hydrogen-bond donors (Lipinski definition) is 1. The van der Waals surface area contributed by atoms with Crippen molar-refractivity contribution < 1.29 is 0 Å². The van der Waals surface area contributed by atoms with Crippen molar-refractivity contribution in [3.8, 4) is 0 Å². The molecule has 0 amide bonds. The molecule has 3 nitrogen and oxygen atoms in total. The monoisotopic (exact) mass is 205 g/mol. The third-order valence-corrected chi connectivity index (χ3v) is 3.20. The van der Waals surface area contributed by atoms with Gasteiger partial charge in [0.15, 0.2) is 0 Å². The molecular formula is C12H19N3. The normalized spacial score (nSPS) is 23.1. The van der Waals surface area contributed by atoms with Gasteiger partial charge >= 0.3 is 0 Å². The van der Waals surface area contributed by atoms with Crippen molar-refractivity contribution in [1.82, 2.24) is 4.90 Å². The number of hydrogen-bond acceptors (Lipinski definition) is 3. The lowest BCUT2D eigenvalue weighted by molar-refractivity contribution is 0.234. The van der Waals surface area contributed by atoms with E-state index < -0.39 is 0 Å². The zero-order chi connectivity index (χ0) is 10.8. The van der Waals surface area contributed by atoms with Gasteiger partial charge in [-0.05, 0) is 32.2 Å². The Morgan fingerprint density at radius 3 is 2.80 bits per heavy atom. The SMILES string of the molecule is C[C@@H]1CN(c2cccc(N)c2)CCN1C. The quantitative estimate of drug-likeness (QED) is 0.704. The van der Waals surface area contributed by atoms with Crippen molar-refractivity contribution in [2.24, 2.45) is 0 Å². The molecule has 15 heavy (non-hydrogen) atoms. The van der Waals surface area contributed by atoms with Gasteiger partial charge in [0, 0.05) is 37.1 Å². The van der Waals surface area contributed by atoms with Gasteiger partial charge in [-0.1, -0.05) is 6.07 Å². The number of nitrogen functional groups attached to an aromatic ring is 1. The maximum Gasteiger partial charge on any atom is 0.0387 e. The Bertz CT molecular complexity index is 337. The molecule has 1 aromatic carbocycles. The first-order valence-corrected chi connectivity index (χ1v) is 5.47. The van der Waals surface area contributed by atoms with Gasteiger partial charge < -0.3 is 15.5 Å². The molecule has 1 heterocycles. The number of benzene rings is 1. The average Bonchev–Trinajstić information content (AvgIpc) is 2.22. The summed E-state index contributed by atoms with van der Waals surface area (Å²) in [5.74, 6) is 0. The van der Waals surface area contributed by atoms with Gasteiger partial charge in [0.25, 0.3) is 0 Å². The fourth-order valence-corrected chi connectivity index (χ4v) is 2.00. The number of piperazine rings is 1. The first-order chi connectivity index (χ1) is 7.16. The van der Waals surface area contributed by atoms with E-state index in [2.05, 4.69) is 35.9 Å². The lowest BCUT2D eigenvalue weighted by Crippen LogP contribution is -2.50. The minimum absolute atomic E-state index is 0.611. The molecule has 2 rings (SSSR count). The minimum atomic E-state index is 0.611. The predicted octanol–water partition coefficient (Wildman–Crippen LogP) is 1.41. The summed E-state index contributed by atoms with van der Waals surface area (Å²) in [4.78, 5) is 4.80. The molecule has 0 aromatic heterocycles. The van der Waals surface area contributed by atoms with E-state index in [4.69, 9.17) is 5.73 Å². The second-order valence-corrected chi connectivity index (χ2v) is 4.37. The summed E-state index contributed by atoms with van der Waals surface area (Å²) < 4.78 is 0. The summed E-state index contributed by atoms with van der Waals surface area (Å²) in [7, 11) is 2.18. The molecule has 3 heteroatoms. The maximum atomic E-state index is 5.79. The van der Waals surface area contributed by atoms with Crippen molar-refractivity contribution in [1.29, 1.82) is 0 Å². The highest BCUT2D eigenvalue weighted by Crippen LogP contribution is 2.20. The Balaban J connectivity index is 2.12. The largest absolute Gasteiger partial charge is 0.399 e. The van der Waals surface area contributed by atoms with Crippen molar-refractivity contribution >= 4 is 11.4 Å². The number of likely N-dealkylation sites (N-methyl/N-ethyl adjacent to an activating group) is 1. The number of nitrogens with zero attached hydrogens (tertiary/aromatic N) is 2. The highest BCUT2D eigenvalue weighted by molar-refractivity contribution is 5.56. The Hall–Kier alpha value is -1.22. The average molecular weight is 205 g/mol. The number of nitrogens with two attached hydrogens (primary N) is 1. The van der Waals surface area contributed by atoms with Crippen LogP contribution < -0.4 is 10.6 Å². The van der Waals surface area contributed by atoms with Gasteiger partial charge in [-0.2, -0.15) is 0 Å². The Labute approximate surface area is 91.5 Å². The molecule has 0 unspecified atom stereocenters. The second-order valence-electron chi connectivity index (χ2n) is 4.37. The lowest BCUT2D eigenvalue weighted by Gasteiger charge is -2.39. The number of anilines is 2. The van der Waals surface area contributed by atoms with Gasteiger partial charge in [0.05, 0.1) is 0 Å². The zero-order valence-corrected chi connectivity index (χ0v) is 9.48. The maximum absolute atomic E-state index is 5.79. The third-order valence-electron chi connectivity index (χ3n) is 3.20. The smallest absolute Gasteiger partial charge is 0.0387 e. The van der Waals surface area contributed by atoms with E-state index in [0.29, 0.717) is 6.04 Å². The van der Waals surface area contributed by atoms with Crippen LogP contribution in [0.4, 0.5) is 11.4 Å². The van der Waals surface area contributed by atoms with Crippen molar-refractivity contribution in [3.05, 3.63) is 24.3 Å². The molecule has 82 valence electrons. The summed E-state index contributed by atoms with van der Waals surface area (Å²) in [5, 5.41) is 0. The van der Waals surface area contributed by atoms with E-state index in [1.807, 2.05) is 12.1 Å². The van der Waals surface area contributed by atoms with Crippen LogP contribution >= 0.6 is 0 Å². The zero-order valence-electron chi connectivity index (χ0n) is 9.48. The summed E-state index contributed by atoms with van der Waals surface area (Å²) in [6.07, 6.45) is 0. The molecule has 1 fully saturated rings. The van der Waals surface area contributed by atoms with Gasteiger partial charge in [-0.15, -0.1) is 0 Å². The lowest BCUT2D eigenvalue weighted by atomic mass is 10.1. The number of rotatable bonds is 1. The highest BCUT2D eigenvalue weighted by Gasteiger charge is 2.20. The van der Waals surface area contributed by atoms with E-state index in [0.717, 1.165) is 25.3 Å². The molecule has 1 saturated heterocycles. The third kappa shape index (κ3) is 2.23. The van der Waals surface area contributed by atoms with Gasteiger partial charge in [-0.3, -0.25) is 0 Å². The molecule has 0 bridgehead atoms. The molecular weight excluding hydrogens is 186 g/mol. The fraction of sp³-hybridized carbons (Fsp3) is 0.500. The minimum Gasteiger partial charge on any atom is -0.399 e.